The number of nitrogens with zero attached hydrogens (tertiary/aromatic N) is 3. The van der Waals surface area contributed by atoms with Crippen LogP contribution in [0.2, 0.25) is 0 Å². The summed E-state index contributed by atoms with van der Waals surface area (Å²) >= 11 is 0. The summed E-state index contributed by atoms with van der Waals surface area (Å²) in [5, 5.41) is 0. The molecule has 1 saturated carbocycles. The largest absolute Gasteiger partial charge is 0.497 e. The smallest absolute Gasteiger partial charge is 0.237 e. The van der Waals surface area contributed by atoms with Crippen molar-refractivity contribution in [2.24, 2.45) is 0 Å². The topological polar surface area (TPSA) is 70.2 Å². The zero-order valence-corrected chi connectivity index (χ0v) is 17.2. The van der Waals surface area contributed by atoms with E-state index in [-0.39, 0.29) is 29.5 Å². The first-order valence-electron chi connectivity index (χ1n) is 10.1. The van der Waals surface area contributed by atoms with Crippen LogP contribution in [0.25, 0.3) is 0 Å². The fraction of sp³-hybridized carbons (Fsp3) is 0.650. The Balaban J connectivity index is 1.31. The number of sulfone groups is 1. The van der Waals surface area contributed by atoms with Crippen LogP contribution >= 0.6 is 0 Å². The first-order chi connectivity index (χ1) is 13.4. The molecule has 7 nitrogen and oxygen atoms in total. The van der Waals surface area contributed by atoms with E-state index in [0.29, 0.717) is 13.0 Å². The van der Waals surface area contributed by atoms with Gasteiger partial charge in [-0.15, -0.1) is 0 Å². The van der Waals surface area contributed by atoms with Gasteiger partial charge < -0.3 is 14.5 Å². The Labute approximate surface area is 167 Å². The van der Waals surface area contributed by atoms with Gasteiger partial charge in [-0.1, -0.05) is 0 Å². The van der Waals surface area contributed by atoms with Crippen LogP contribution in [0, 0.1) is 0 Å². The summed E-state index contributed by atoms with van der Waals surface area (Å²) in [5.74, 6) is 1.31. The highest BCUT2D eigenvalue weighted by atomic mass is 32.2. The number of methoxy groups -OCH3 is 1. The van der Waals surface area contributed by atoms with Crippen LogP contribution in [0.5, 0.6) is 5.75 Å². The molecule has 2 saturated heterocycles. The number of carbonyl (C=O) groups excluding carboxylic acids is 1. The third-order valence-electron chi connectivity index (χ3n) is 6.00. The molecular weight excluding hydrogens is 378 g/mol. The standard InChI is InChI=1S/C20H29N3O4S/c1-27-19-6-4-16(5-7-19)22-11-9-21(10-12-22)14-20(24)23(17-2-3-17)18-8-13-28(25,26)15-18/h4-7,17-18H,2-3,8-15H2,1H3/t18-/m1/s1. The molecule has 3 fully saturated rings. The van der Waals surface area contributed by atoms with Gasteiger partial charge in [-0.25, -0.2) is 8.42 Å². The van der Waals surface area contributed by atoms with Crippen LogP contribution in [0.4, 0.5) is 5.69 Å². The number of piperazine rings is 1. The summed E-state index contributed by atoms with van der Waals surface area (Å²) in [6, 6.07) is 8.20. The van der Waals surface area contributed by atoms with Gasteiger partial charge in [0.05, 0.1) is 25.2 Å². The molecule has 1 atom stereocenters. The number of hydrogen-bond acceptors (Lipinski definition) is 6. The molecule has 1 amide bonds. The molecule has 3 aliphatic rings. The lowest BCUT2D eigenvalue weighted by Gasteiger charge is -2.37. The Hall–Kier alpha value is -1.80. The van der Waals surface area contributed by atoms with Crippen molar-refractivity contribution >= 4 is 21.4 Å². The number of anilines is 1. The minimum Gasteiger partial charge on any atom is -0.497 e. The summed E-state index contributed by atoms with van der Waals surface area (Å²) in [5.41, 5.74) is 1.17. The number of amides is 1. The van der Waals surface area contributed by atoms with E-state index in [4.69, 9.17) is 4.74 Å². The van der Waals surface area contributed by atoms with Gasteiger partial charge in [-0.05, 0) is 43.5 Å². The van der Waals surface area contributed by atoms with Crippen LogP contribution in [0.15, 0.2) is 24.3 Å². The molecule has 0 N–H and O–H groups in total. The molecule has 154 valence electrons. The summed E-state index contributed by atoms with van der Waals surface area (Å²) in [4.78, 5) is 19.4. The Morgan fingerprint density at radius 1 is 1.07 bits per heavy atom. The van der Waals surface area contributed by atoms with E-state index in [1.807, 2.05) is 17.0 Å². The van der Waals surface area contributed by atoms with Crippen molar-refractivity contribution in [3.05, 3.63) is 24.3 Å². The molecule has 28 heavy (non-hydrogen) atoms. The van der Waals surface area contributed by atoms with Gasteiger partial charge >= 0.3 is 0 Å². The molecule has 2 heterocycles. The number of rotatable bonds is 6. The van der Waals surface area contributed by atoms with E-state index >= 15 is 0 Å². The maximum Gasteiger partial charge on any atom is 0.237 e. The summed E-state index contributed by atoms with van der Waals surface area (Å²) < 4.78 is 28.9. The molecule has 2 aliphatic heterocycles. The Morgan fingerprint density at radius 2 is 1.75 bits per heavy atom. The van der Waals surface area contributed by atoms with Crippen molar-refractivity contribution in [1.29, 1.82) is 0 Å². The van der Waals surface area contributed by atoms with Crippen molar-refractivity contribution in [2.75, 3.05) is 56.2 Å². The van der Waals surface area contributed by atoms with Crippen molar-refractivity contribution in [2.45, 2.75) is 31.3 Å². The molecule has 0 unspecified atom stereocenters. The minimum atomic E-state index is -2.98. The lowest BCUT2D eigenvalue weighted by molar-refractivity contribution is -0.135. The molecule has 4 rings (SSSR count). The average Bonchev–Trinajstić information content (AvgIpc) is 3.45. The molecule has 1 aromatic rings. The number of hydrogen-bond donors (Lipinski definition) is 0. The maximum atomic E-state index is 13.0. The predicted molar refractivity (Wildman–Crippen MR) is 109 cm³/mol. The van der Waals surface area contributed by atoms with Gasteiger partial charge in [0.25, 0.3) is 0 Å². The zero-order valence-electron chi connectivity index (χ0n) is 16.4. The van der Waals surface area contributed by atoms with Crippen molar-refractivity contribution in [1.82, 2.24) is 9.80 Å². The fourth-order valence-corrected chi connectivity index (χ4v) is 5.99. The Kier molecular flexibility index (Phi) is 5.51. The van der Waals surface area contributed by atoms with Gasteiger partial charge in [-0.2, -0.15) is 0 Å². The molecule has 1 aromatic carbocycles. The second kappa shape index (κ2) is 7.91. The van der Waals surface area contributed by atoms with E-state index in [1.165, 1.54) is 5.69 Å². The van der Waals surface area contributed by atoms with Crippen molar-refractivity contribution in [3.8, 4) is 5.75 Å². The van der Waals surface area contributed by atoms with Crippen LogP contribution in [-0.2, 0) is 14.6 Å². The zero-order chi connectivity index (χ0) is 19.7. The van der Waals surface area contributed by atoms with Crippen LogP contribution in [0.1, 0.15) is 19.3 Å². The van der Waals surface area contributed by atoms with Gasteiger partial charge in [-0.3, -0.25) is 9.69 Å². The Morgan fingerprint density at radius 3 is 2.29 bits per heavy atom. The number of ether oxygens (including phenoxy) is 1. The predicted octanol–water partition coefficient (Wildman–Crippen LogP) is 0.995. The van der Waals surface area contributed by atoms with E-state index < -0.39 is 9.84 Å². The fourth-order valence-electron chi connectivity index (χ4n) is 4.28. The van der Waals surface area contributed by atoms with Gasteiger partial charge in [0.1, 0.15) is 5.75 Å². The molecular formula is C20H29N3O4S. The normalized spacial score (nSPS) is 24.9. The average molecular weight is 408 g/mol. The lowest BCUT2D eigenvalue weighted by Crippen LogP contribution is -2.52. The quantitative estimate of drug-likeness (QED) is 0.701. The molecule has 0 spiro atoms. The monoisotopic (exact) mass is 407 g/mol. The van der Waals surface area contributed by atoms with Crippen molar-refractivity contribution < 1.29 is 17.9 Å². The van der Waals surface area contributed by atoms with Gasteiger partial charge in [0.2, 0.25) is 5.91 Å². The molecule has 0 radical (unpaired) electrons. The highest BCUT2D eigenvalue weighted by molar-refractivity contribution is 7.91. The molecule has 8 heteroatoms. The van der Waals surface area contributed by atoms with E-state index in [1.54, 1.807) is 7.11 Å². The van der Waals surface area contributed by atoms with Crippen LogP contribution < -0.4 is 9.64 Å². The van der Waals surface area contributed by atoms with Crippen molar-refractivity contribution in [3.63, 3.8) is 0 Å². The van der Waals surface area contributed by atoms with E-state index in [9.17, 15) is 13.2 Å². The molecule has 0 bridgehead atoms. The lowest BCUT2D eigenvalue weighted by atomic mass is 10.2. The van der Waals surface area contributed by atoms with Gasteiger partial charge in [0.15, 0.2) is 9.84 Å². The summed E-state index contributed by atoms with van der Waals surface area (Å²) in [7, 11) is -1.32. The number of benzene rings is 1. The SMILES string of the molecule is COc1ccc(N2CCN(CC(=O)N(C3CC3)[C@@H]3CCS(=O)(=O)C3)CC2)cc1. The second-order valence-corrected chi connectivity index (χ2v) is 10.3. The van der Waals surface area contributed by atoms with E-state index in [0.717, 1.165) is 44.8 Å². The number of carbonyl (C=O) groups is 1. The summed E-state index contributed by atoms with van der Waals surface area (Å²) in [6.45, 7) is 3.81. The molecule has 0 aromatic heterocycles. The second-order valence-electron chi connectivity index (χ2n) is 8.05. The summed E-state index contributed by atoms with van der Waals surface area (Å²) in [6.07, 6.45) is 2.61. The minimum absolute atomic E-state index is 0.0995. The molecule has 1 aliphatic carbocycles. The van der Waals surface area contributed by atoms with Crippen LogP contribution in [0.3, 0.4) is 0 Å². The highest BCUT2D eigenvalue weighted by Crippen LogP contribution is 2.32. The first kappa shape index (κ1) is 19.5. The Bertz CT molecular complexity index is 799. The first-order valence-corrected chi connectivity index (χ1v) is 11.9. The van der Waals surface area contributed by atoms with Crippen LogP contribution in [-0.4, -0.2) is 87.5 Å². The van der Waals surface area contributed by atoms with Gasteiger partial charge in [0, 0.05) is 44.0 Å². The third-order valence-corrected chi connectivity index (χ3v) is 7.75. The maximum absolute atomic E-state index is 13.0. The highest BCUT2D eigenvalue weighted by Gasteiger charge is 2.42. The van der Waals surface area contributed by atoms with E-state index in [2.05, 4.69) is 21.9 Å². The third kappa shape index (κ3) is 4.43.